The number of nitrogens with zero attached hydrogens (tertiary/aromatic N) is 2. The smallest absolute Gasteiger partial charge is 0.135 e. The standard InChI is InChI=1S/C9H13N3O/c1-6-11-8-3-4-13-5-7(8)9(10-2)12-6/h3-5H2,1-2H3,(H,10,11,12). The molecule has 4 heteroatoms. The molecule has 0 saturated heterocycles. The van der Waals surface area contributed by atoms with Gasteiger partial charge in [0.25, 0.3) is 0 Å². The van der Waals surface area contributed by atoms with Gasteiger partial charge in [0.15, 0.2) is 0 Å². The molecule has 1 aliphatic rings. The molecular formula is C9H13N3O. The van der Waals surface area contributed by atoms with Crippen LogP contribution in [0, 0.1) is 6.92 Å². The quantitative estimate of drug-likeness (QED) is 0.695. The highest BCUT2D eigenvalue weighted by atomic mass is 16.5. The minimum absolute atomic E-state index is 0.631. The number of aryl methyl sites for hydroxylation is 1. The third kappa shape index (κ3) is 1.49. The van der Waals surface area contributed by atoms with Crippen molar-refractivity contribution in [3.63, 3.8) is 0 Å². The lowest BCUT2D eigenvalue weighted by Crippen LogP contribution is -2.16. The van der Waals surface area contributed by atoms with Crippen LogP contribution in [0.2, 0.25) is 0 Å². The van der Waals surface area contributed by atoms with Crippen molar-refractivity contribution in [1.29, 1.82) is 0 Å². The second kappa shape index (κ2) is 3.30. The van der Waals surface area contributed by atoms with Crippen molar-refractivity contribution in [2.75, 3.05) is 19.0 Å². The number of fused-ring (bicyclic) bond motifs is 1. The largest absolute Gasteiger partial charge is 0.376 e. The molecule has 0 spiro atoms. The Hall–Kier alpha value is -1.16. The molecule has 2 heterocycles. The Morgan fingerprint density at radius 1 is 1.38 bits per heavy atom. The summed E-state index contributed by atoms with van der Waals surface area (Å²) in [6.45, 7) is 3.31. The summed E-state index contributed by atoms with van der Waals surface area (Å²) in [6, 6.07) is 0. The average molecular weight is 179 g/mol. The molecular weight excluding hydrogens is 166 g/mol. The fourth-order valence-corrected chi connectivity index (χ4v) is 1.56. The van der Waals surface area contributed by atoms with Gasteiger partial charge >= 0.3 is 0 Å². The highest BCUT2D eigenvalue weighted by Gasteiger charge is 2.15. The van der Waals surface area contributed by atoms with Gasteiger partial charge in [-0.15, -0.1) is 0 Å². The van der Waals surface area contributed by atoms with Gasteiger partial charge in [0.2, 0.25) is 0 Å². The van der Waals surface area contributed by atoms with Crippen LogP contribution in [-0.4, -0.2) is 23.6 Å². The molecule has 2 rings (SSSR count). The van der Waals surface area contributed by atoms with Crippen molar-refractivity contribution >= 4 is 5.82 Å². The molecule has 1 aliphatic heterocycles. The third-order valence-corrected chi connectivity index (χ3v) is 2.17. The van der Waals surface area contributed by atoms with Crippen molar-refractivity contribution in [2.24, 2.45) is 0 Å². The Morgan fingerprint density at radius 2 is 2.23 bits per heavy atom. The molecule has 0 unspecified atom stereocenters. The highest BCUT2D eigenvalue weighted by Crippen LogP contribution is 2.21. The maximum Gasteiger partial charge on any atom is 0.135 e. The van der Waals surface area contributed by atoms with Crippen LogP contribution in [-0.2, 0) is 17.8 Å². The van der Waals surface area contributed by atoms with Crippen LogP contribution in [0.1, 0.15) is 17.1 Å². The number of aromatic nitrogens is 2. The lowest BCUT2D eigenvalue weighted by atomic mass is 10.1. The van der Waals surface area contributed by atoms with Gasteiger partial charge in [-0.05, 0) is 6.92 Å². The third-order valence-electron chi connectivity index (χ3n) is 2.17. The van der Waals surface area contributed by atoms with Crippen LogP contribution in [0.3, 0.4) is 0 Å². The first-order chi connectivity index (χ1) is 6.31. The Kier molecular flexibility index (Phi) is 2.14. The first kappa shape index (κ1) is 8.44. The summed E-state index contributed by atoms with van der Waals surface area (Å²) in [5, 5.41) is 3.06. The monoisotopic (exact) mass is 179 g/mol. The van der Waals surface area contributed by atoms with E-state index in [9.17, 15) is 0 Å². The van der Waals surface area contributed by atoms with E-state index in [4.69, 9.17) is 4.74 Å². The number of rotatable bonds is 1. The van der Waals surface area contributed by atoms with E-state index in [0.717, 1.165) is 35.9 Å². The summed E-state index contributed by atoms with van der Waals surface area (Å²) < 4.78 is 5.36. The number of anilines is 1. The summed E-state index contributed by atoms with van der Waals surface area (Å²) in [4.78, 5) is 8.69. The molecule has 4 nitrogen and oxygen atoms in total. The van der Waals surface area contributed by atoms with E-state index in [-0.39, 0.29) is 0 Å². The van der Waals surface area contributed by atoms with E-state index in [1.165, 1.54) is 0 Å². The molecule has 1 aromatic rings. The Balaban J connectivity index is 2.50. The average Bonchev–Trinajstić information content (AvgIpc) is 2.16. The molecule has 1 N–H and O–H groups in total. The molecule has 0 aromatic carbocycles. The minimum atomic E-state index is 0.631. The molecule has 0 radical (unpaired) electrons. The van der Waals surface area contributed by atoms with Gasteiger partial charge in [-0.1, -0.05) is 0 Å². The molecule has 70 valence electrons. The van der Waals surface area contributed by atoms with Crippen LogP contribution in [0.25, 0.3) is 0 Å². The van der Waals surface area contributed by atoms with Crippen LogP contribution >= 0.6 is 0 Å². The zero-order valence-corrected chi connectivity index (χ0v) is 7.92. The summed E-state index contributed by atoms with van der Waals surface area (Å²) in [5.41, 5.74) is 2.24. The van der Waals surface area contributed by atoms with Gasteiger partial charge in [0.05, 0.1) is 18.9 Å². The topological polar surface area (TPSA) is 47.0 Å². The fourth-order valence-electron chi connectivity index (χ4n) is 1.56. The molecule has 0 fully saturated rings. The van der Waals surface area contributed by atoms with Gasteiger partial charge in [0.1, 0.15) is 11.6 Å². The van der Waals surface area contributed by atoms with Gasteiger partial charge in [0, 0.05) is 19.0 Å². The molecule has 0 aliphatic carbocycles. The van der Waals surface area contributed by atoms with Gasteiger partial charge in [-0.3, -0.25) is 0 Å². The van der Waals surface area contributed by atoms with E-state index < -0.39 is 0 Å². The number of hydrogen-bond acceptors (Lipinski definition) is 4. The Morgan fingerprint density at radius 3 is 3.00 bits per heavy atom. The first-order valence-electron chi connectivity index (χ1n) is 4.43. The molecule has 13 heavy (non-hydrogen) atoms. The zero-order valence-electron chi connectivity index (χ0n) is 7.92. The first-order valence-corrected chi connectivity index (χ1v) is 4.43. The molecule has 0 saturated carbocycles. The van der Waals surface area contributed by atoms with Crippen LogP contribution in [0.5, 0.6) is 0 Å². The summed E-state index contributed by atoms with van der Waals surface area (Å²) in [5.74, 6) is 1.73. The van der Waals surface area contributed by atoms with Crippen molar-refractivity contribution < 1.29 is 4.74 Å². The van der Waals surface area contributed by atoms with Gasteiger partial charge < -0.3 is 10.1 Å². The van der Waals surface area contributed by atoms with E-state index in [1.807, 2.05) is 14.0 Å². The Labute approximate surface area is 77.4 Å². The van der Waals surface area contributed by atoms with E-state index in [1.54, 1.807) is 0 Å². The van der Waals surface area contributed by atoms with E-state index in [0.29, 0.717) is 6.61 Å². The number of nitrogens with one attached hydrogen (secondary N) is 1. The fraction of sp³-hybridized carbons (Fsp3) is 0.556. The number of hydrogen-bond donors (Lipinski definition) is 1. The maximum absolute atomic E-state index is 5.36. The summed E-state index contributed by atoms with van der Waals surface area (Å²) in [7, 11) is 1.87. The predicted octanol–water partition coefficient (Wildman–Crippen LogP) is 0.899. The Bertz CT molecular complexity index is 308. The maximum atomic E-state index is 5.36. The molecule has 0 atom stereocenters. The minimum Gasteiger partial charge on any atom is -0.376 e. The molecule has 0 amide bonds. The predicted molar refractivity (Wildman–Crippen MR) is 49.7 cm³/mol. The second-order valence-electron chi connectivity index (χ2n) is 3.10. The summed E-state index contributed by atoms with van der Waals surface area (Å²) >= 11 is 0. The van der Waals surface area contributed by atoms with Crippen LogP contribution in [0.15, 0.2) is 0 Å². The normalized spacial score (nSPS) is 15.2. The van der Waals surface area contributed by atoms with Crippen molar-refractivity contribution in [3.05, 3.63) is 17.1 Å². The van der Waals surface area contributed by atoms with E-state index >= 15 is 0 Å². The van der Waals surface area contributed by atoms with Gasteiger partial charge in [-0.2, -0.15) is 0 Å². The molecule has 1 aromatic heterocycles. The lowest BCUT2D eigenvalue weighted by Gasteiger charge is -2.18. The van der Waals surface area contributed by atoms with Crippen LogP contribution < -0.4 is 5.32 Å². The van der Waals surface area contributed by atoms with Crippen molar-refractivity contribution in [1.82, 2.24) is 9.97 Å². The zero-order chi connectivity index (χ0) is 9.26. The second-order valence-corrected chi connectivity index (χ2v) is 3.10. The van der Waals surface area contributed by atoms with Crippen molar-refractivity contribution in [3.8, 4) is 0 Å². The number of ether oxygens (including phenoxy) is 1. The van der Waals surface area contributed by atoms with Gasteiger partial charge in [-0.25, -0.2) is 9.97 Å². The lowest BCUT2D eigenvalue weighted by molar-refractivity contribution is 0.109. The SMILES string of the molecule is CNc1nc(C)nc2c1COCC2. The van der Waals surface area contributed by atoms with Crippen LogP contribution in [0.4, 0.5) is 5.82 Å². The van der Waals surface area contributed by atoms with E-state index in [2.05, 4.69) is 15.3 Å². The van der Waals surface area contributed by atoms with Crippen molar-refractivity contribution in [2.45, 2.75) is 20.0 Å². The molecule has 0 bridgehead atoms. The highest BCUT2D eigenvalue weighted by molar-refractivity contribution is 5.46. The summed E-state index contributed by atoms with van der Waals surface area (Å²) in [6.07, 6.45) is 0.896.